The Kier molecular flexibility index (Phi) is 7.94. The maximum Gasteiger partial charge on any atom is 0.323 e. The van der Waals surface area contributed by atoms with Gasteiger partial charge in [0, 0.05) is 16.5 Å². The highest BCUT2D eigenvalue weighted by molar-refractivity contribution is 7.98. The van der Waals surface area contributed by atoms with Crippen LogP contribution in [0.5, 0.6) is 0 Å². The predicted octanol–water partition coefficient (Wildman–Crippen LogP) is 3.11. The molecule has 106 valence electrons. The zero-order valence-corrected chi connectivity index (χ0v) is 12.9. The van der Waals surface area contributed by atoms with Crippen LogP contribution in [0.4, 0.5) is 0 Å². The molecule has 0 spiro atoms. The molecule has 1 aromatic carbocycles. The Morgan fingerprint density at radius 2 is 2.11 bits per heavy atom. The molecule has 0 heterocycles. The summed E-state index contributed by atoms with van der Waals surface area (Å²) in [6, 6.07) is 7.53. The number of carbonyl (C=O) groups is 1. The summed E-state index contributed by atoms with van der Waals surface area (Å²) in [4.78, 5) is 11.6. The second-order valence-electron chi connectivity index (χ2n) is 4.17. The molecule has 1 N–H and O–H groups in total. The number of esters is 1. The number of nitrogens with one attached hydrogen (secondary N) is 1. The van der Waals surface area contributed by atoms with Gasteiger partial charge in [-0.3, -0.25) is 4.79 Å². The molecule has 0 aliphatic rings. The monoisotopic (exact) mass is 301 g/mol. The summed E-state index contributed by atoms with van der Waals surface area (Å²) in [7, 11) is 1.42. The molecule has 0 aromatic heterocycles. The highest BCUT2D eigenvalue weighted by Crippen LogP contribution is 2.16. The SMILES string of the molecule is CCCNC(CSCc1ccc(Cl)cc1)C(=O)OC. The van der Waals surface area contributed by atoms with E-state index in [1.807, 2.05) is 24.3 Å². The molecule has 0 aliphatic carbocycles. The van der Waals surface area contributed by atoms with Crippen LogP contribution in [0.2, 0.25) is 5.02 Å². The van der Waals surface area contributed by atoms with Crippen molar-refractivity contribution < 1.29 is 9.53 Å². The number of rotatable bonds is 8. The third-order valence-corrected chi connectivity index (χ3v) is 3.95. The summed E-state index contributed by atoms with van der Waals surface area (Å²) >= 11 is 7.54. The van der Waals surface area contributed by atoms with E-state index in [1.165, 1.54) is 12.7 Å². The van der Waals surface area contributed by atoms with E-state index in [2.05, 4.69) is 12.2 Å². The smallest absolute Gasteiger partial charge is 0.323 e. The molecule has 0 fully saturated rings. The number of hydrogen-bond acceptors (Lipinski definition) is 4. The fraction of sp³-hybridized carbons (Fsp3) is 0.500. The van der Waals surface area contributed by atoms with E-state index < -0.39 is 0 Å². The van der Waals surface area contributed by atoms with Crippen LogP contribution in [0.1, 0.15) is 18.9 Å². The predicted molar refractivity (Wildman–Crippen MR) is 81.7 cm³/mol. The minimum Gasteiger partial charge on any atom is -0.468 e. The number of methoxy groups -OCH3 is 1. The van der Waals surface area contributed by atoms with Gasteiger partial charge in [-0.15, -0.1) is 0 Å². The summed E-state index contributed by atoms with van der Waals surface area (Å²) in [6.07, 6.45) is 0.995. The fourth-order valence-electron chi connectivity index (χ4n) is 1.55. The number of ether oxygens (including phenoxy) is 1. The lowest BCUT2D eigenvalue weighted by atomic mass is 10.2. The van der Waals surface area contributed by atoms with Crippen molar-refractivity contribution in [3.05, 3.63) is 34.9 Å². The molecule has 1 rings (SSSR count). The fourth-order valence-corrected chi connectivity index (χ4v) is 2.71. The van der Waals surface area contributed by atoms with Crippen LogP contribution < -0.4 is 5.32 Å². The number of carbonyl (C=O) groups excluding carboxylic acids is 1. The average Bonchev–Trinajstić information content (AvgIpc) is 2.43. The van der Waals surface area contributed by atoms with Crippen molar-refractivity contribution in [3.8, 4) is 0 Å². The Morgan fingerprint density at radius 1 is 1.42 bits per heavy atom. The van der Waals surface area contributed by atoms with Crippen molar-refractivity contribution in [1.82, 2.24) is 5.32 Å². The summed E-state index contributed by atoms with van der Waals surface area (Å²) in [5.41, 5.74) is 1.20. The lowest BCUT2D eigenvalue weighted by molar-refractivity contribution is -0.142. The first-order valence-corrected chi connectivity index (χ1v) is 7.84. The maximum absolute atomic E-state index is 11.6. The molecular formula is C14H20ClNO2S. The van der Waals surface area contributed by atoms with Crippen molar-refractivity contribution in [2.75, 3.05) is 19.4 Å². The van der Waals surface area contributed by atoms with E-state index in [0.717, 1.165) is 23.7 Å². The molecule has 0 amide bonds. The number of halogens is 1. The molecule has 19 heavy (non-hydrogen) atoms. The molecule has 3 nitrogen and oxygen atoms in total. The molecular weight excluding hydrogens is 282 g/mol. The molecule has 5 heteroatoms. The molecule has 1 atom stereocenters. The van der Waals surface area contributed by atoms with E-state index in [1.54, 1.807) is 11.8 Å². The second kappa shape index (κ2) is 9.23. The molecule has 0 bridgehead atoms. The molecule has 0 aliphatic heterocycles. The van der Waals surface area contributed by atoms with Gasteiger partial charge in [-0.1, -0.05) is 30.7 Å². The van der Waals surface area contributed by atoms with Crippen molar-refractivity contribution in [2.24, 2.45) is 0 Å². The van der Waals surface area contributed by atoms with E-state index >= 15 is 0 Å². The van der Waals surface area contributed by atoms with Crippen LogP contribution in [-0.2, 0) is 15.3 Å². The lowest BCUT2D eigenvalue weighted by Crippen LogP contribution is -2.40. The van der Waals surface area contributed by atoms with Gasteiger partial charge < -0.3 is 10.1 Å². The van der Waals surface area contributed by atoms with E-state index in [0.29, 0.717) is 5.75 Å². The Balaban J connectivity index is 2.38. The summed E-state index contributed by atoms with van der Waals surface area (Å²) < 4.78 is 4.80. The first kappa shape index (κ1) is 16.3. The van der Waals surface area contributed by atoms with Crippen LogP contribution in [0, 0.1) is 0 Å². The summed E-state index contributed by atoms with van der Waals surface area (Å²) in [5, 5.41) is 3.94. The zero-order valence-electron chi connectivity index (χ0n) is 11.3. The van der Waals surface area contributed by atoms with Gasteiger partial charge in [0.25, 0.3) is 0 Å². The van der Waals surface area contributed by atoms with E-state index in [9.17, 15) is 4.79 Å². The van der Waals surface area contributed by atoms with Crippen LogP contribution in [-0.4, -0.2) is 31.4 Å². The maximum atomic E-state index is 11.6. The Labute approximate surface area is 124 Å². The van der Waals surface area contributed by atoms with Gasteiger partial charge in [0.1, 0.15) is 6.04 Å². The highest BCUT2D eigenvalue weighted by atomic mass is 35.5. The zero-order chi connectivity index (χ0) is 14.1. The molecule has 0 saturated carbocycles. The normalized spacial score (nSPS) is 12.2. The van der Waals surface area contributed by atoms with E-state index in [-0.39, 0.29) is 12.0 Å². The van der Waals surface area contributed by atoms with Crippen LogP contribution >= 0.6 is 23.4 Å². The molecule has 1 aromatic rings. The third kappa shape index (κ3) is 6.32. The average molecular weight is 302 g/mol. The molecule has 0 radical (unpaired) electrons. The van der Waals surface area contributed by atoms with Crippen molar-refractivity contribution in [1.29, 1.82) is 0 Å². The van der Waals surface area contributed by atoms with Gasteiger partial charge in [0.2, 0.25) is 0 Å². The van der Waals surface area contributed by atoms with Gasteiger partial charge in [0.05, 0.1) is 7.11 Å². The van der Waals surface area contributed by atoms with Gasteiger partial charge >= 0.3 is 5.97 Å². The minimum atomic E-state index is -0.234. The lowest BCUT2D eigenvalue weighted by Gasteiger charge is -2.15. The van der Waals surface area contributed by atoms with Crippen molar-refractivity contribution in [3.63, 3.8) is 0 Å². The summed E-state index contributed by atoms with van der Waals surface area (Å²) in [5.74, 6) is 1.37. The number of thioether (sulfide) groups is 1. The largest absolute Gasteiger partial charge is 0.468 e. The quantitative estimate of drug-likeness (QED) is 0.749. The highest BCUT2D eigenvalue weighted by Gasteiger charge is 2.17. The minimum absolute atomic E-state index is 0.197. The Hall–Kier alpha value is -0.710. The summed E-state index contributed by atoms with van der Waals surface area (Å²) in [6.45, 7) is 2.89. The Bertz CT molecular complexity index is 384. The first-order chi connectivity index (χ1) is 9.17. The van der Waals surface area contributed by atoms with Crippen molar-refractivity contribution >= 4 is 29.3 Å². The van der Waals surface area contributed by atoms with Crippen LogP contribution in [0.25, 0.3) is 0 Å². The number of benzene rings is 1. The van der Waals surface area contributed by atoms with Gasteiger partial charge in [-0.05, 0) is 30.7 Å². The standard InChI is InChI=1S/C14H20ClNO2S/c1-3-8-16-13(14(17)18-2)10-19-9-11-4-6-12(15)7-5-11/h4-7,13,16H,3,8-10H2,1-2H3. The van der Waals surface area contributed by atoms with Crippen LogP contribution in [0.3, 0.4) is 0 Å². The van der Waals surface area contributed by atoms with E-state index in [4.69, 9.17) is 16.3 Å². The third-order valence-electron chi connectivity index (χ3n) is 2.59. The van der Waals surface area contributed by atoms with Crippen molar-refractivity contribution in [2.45, 2.75) is 25.1 Å². The van der Waals surface area contributed by atoms with Gasteiger partial charge in [-0.25, -0.2) is 0 Å². The molecule has 0 saturated heterocycles. The Morgan fingerprint density at radius 3 is 2.68 bits per heavy atom. The molecule has 1 unspecified atom stereocenters. The first-order valence-electron chi connectivity index (χ1n) is 6.30. The number of hydrogen-bond donors (Lipinski definition) is 1. The van der Waals surface area contributed by atoms with Gasteiger partial charge in [-0.2, -0.15) is 11.8 Å². The second-order valence-corrected chi connectivity index (χ2v) is 5.64. The van der Waals surface area contributed by atoms with Gasteiger partial charge in [0.15, 0.2) is 0 Å². The van der Waals surface area contributed by atoms with Crippen LogP contribution in [0.15, 0.2) is 24.3 Å². The topological polar surface area (TPSA) is 38.3 Å².